The summed E-state index contributed by atoms with van der Waals surface area (Å²) in [7, 11) is 1.95. The van der Waals surface area contributed by atoms with E-state index in [0.29, 0.717) is 41.0 Å². The van der Waals surface area contributed by atoms with Crippen LogP contribution < -0.4 is 5.32 Å². The molecule has 2 unspecified atom stereocenters. The van der Waals surface area contributed by atoms with Gasteiger partial charge in [0.05, 0.1) is 18.2 Å². The Kier molecular flexibility index (Phi) is 27.6. The fraction of sp³-hybridized carbons (Fsp3) is 0.406. The number of anilines is 1. The largest absolute Gasteiger partial charge is 1.00 e. The van der Waals surface area contributed by atoms with E-state index in [1.165, 1.54) is 54.4 Å². The van der Waals surface area contributed by atoms with Crippen LogP contribution in [0.1, 0.15) is 151 Å². The number of hydrogen-bond acceptors (Lipinski definition) is 9. The van der Waals surface area contributed by atoms with Crippen molar-refractivity contribution in [2.45, 2.75) is 139 Å². The molecule has 5 aliphatic rings. The second-order valence-electron chi connectivity index (χ2n) is 24.2. The molecule has 86 heavy (non-hydrogen) atoms. The smallest absolute Gasteiger partial charge is 0.507 e. The summed E-state index contributed by atoms with van der Waals surface area (Å²) in [6, 6.07) is 26.7. The number of rotatable bonds is 11. The Labute approximate surface area is 555 Å². The second kappa shape index (κ2) is 32.6. The molecule has 4 bridgehead atoms. The number of hydrogen-bond donors (Lipinski definition) is 3. The van der Waals surface area contributed by atoms with Crippen molar-refractivity contribution in [1.82, 2.24) is 29.7 Å². The fourth-order valence-corrected chi connectivity index (χ4v) is 11.9. The van der Waals surface area contributed by atoms with Crippen molar-refractivity contribution in [2.75, 3.05) is 5.32 Å². The molecule has 3 N–H and O–H groups in total. The molecule has 0 aliphatic heterocycles. The molecule has 4 fully saturated rings. The summed E-state index contributed by atoms with van der Waals surface area (Å²) in [4.78, 5) is 20.5. The molecule has 0 saturated heterocycles. The van der Waals surface area contributed by atoms with E-state index < -0.39 is 17.3 Å². The molecule has 4 saturated carbocycles. The van der Waals surface area contributed by atoms with Gasteiger partial charge in [0.15, 0.2) is 11.6 Å². The minimum atomic E-state index is -0.876. The molecule has 4 aromatic heterocycles. The molecule has 4 radical (unpaired) electrons. The first-order valence-corrected chi connectivity index (χ1v) is 28.8. The standard InChI is InChI=1S/C22H19F2N2.C17H20N3.C15H20N3.C15H19NO2.2Co.Ir.Ru/c1-25-22-18(23)3-2-17(21(22)24)19-11-14(4-5-26-19)20-15-7-12-6-13(9-15)10-16(20)8-12;1-12(2)13(3)14-8-9-19-17(10-14)20-11-15-6-4-5-7-16(15)18;1-11-7-6-8-12(9-11)14-16-13(18(5)17-14)10-15(2,3)4;1-5-9(2)12-6-7-14(17)13(8-12)15-10(3)18-11(4)16-15;;;;/h3-5,11-13,15-16,20H,6-10H2;4-10,12-13,18H,1-3H3,(H,19,20);6-7,9H,10H2,1-5H3;6-9,17H,5H2,1-4H3;;;;/q3*-1;;;;;+1. The average Bonchev–Trinajstić information content (AvgIpc) is 2.59. The van der Waals surface area contributed by atoms with E-state index in [-0.39, 0.29) is 89.9 Å². The third-order valence-corrected chi connectivity index (χ3v) is 16.4. The first kappa shape index (κ1) is 72.9. The van der Waals surface area contributed by atoms with Crippen LogP contribution in [0.4, 0.5) is 20.3 Å². The Morgan fingerprint density at radius 2 is 1.56 bits per heavy atom. The van der Waals surface area contributed by atoms with Crippen LogP contribution in [0.25, 0.3) is 38.7 Å². The van der Waals surface area contributed by atoms with Gasteiger partial charge in [0.1, 0.15) is 23.0 Å². The molecule has 7 aromatic rings. The first-order valence-electron chi connectivity index (χ1n) is 28.8. The van der Waals surface area contributed by atoms with E-state index in [9.17, 15) is 13.9 Å². The van der Waals surface area contributed by atoms with Gasteiger partial charge in [-0.15, -0.1) is 70.8 Å². The molecule has 12 rings (SSSR count). The van der Waals surface area contributed by atoms with Gasteiger partial charge >= 0.3 is 19.5 Å². The van der Waals surface area contributed by atoms with Gasteiger partial charge in [-0.3, -0.25) is 28.3 Å². The Hall–Kier alpha value is -5.56. The number of allylic oxidation sites excluding steroid dienone is 5. The maximum absolute atomic E-state index is 14.6. The Morgan fingerprint density at radius 1 is 0.884 bits per heavy atom. The number of phenolic OH excluding ortho intramolecular Hbond substituents is 1. The summed E-state index contributed by atoms with van der Waals surface area (Å²) in [6.07, 6.45) is 22.5. The third kappa shape index (κ3) is 18.5. The maximum atomic E-state index is 14.6. The summed E-state index contributed by atoms with van der Waals surface area (Å²) in [5, 5.41) is 25.3. The van der Waals surface area contributed by atoms with E-state index >= 15 is 0 Å². The number of phenols is 1. The molecule has 462 valence electrons. The molecular weight excluding hydrogens is 1440 g/mol. The van der Waals surface area contributed by atoms with Crippen molar-refractivity contribution in [3.63, 3.8) is 0 Å². The Bertz CT molecular complexity index is 3520. The molecule has 2 atom stereocenters. The van der Waals surface area contributed by atoms with Crippen molar-refractivity contribution in [2.24, 2.45) is 42.1 Å². The number of aromatic hydroxyl groups is 1. The minimum Gasteiger partial charge on any atom is -0.507 e. The van der Waals surface area contributed by atoms with Gasteiger partial charge in [-0.05, 0) is 151 Å². The number of oxazole rings is 1. The van der Waals surface area contributed by atoms with Crippen molar-refractivity contribution in [3.05, 3.63) is 190 Å². The number of aryl methyl sites for hydroxylation is 4. The number of benzene rings is 3. The van der Waals surface area contributed by atoms with Crippen molar-refractivity contribution >= 4 is 17.2 Å². The van der Waals surface area contributed by atoms with Crippen LogP contribution in [0.3, 0.4) is 0 Å². The Morgan fingerprint density at radius 3 is 2.16 bits per heavy atom. The number of pyridine rings is 2. The van der Waals surface area contributed by atoms with Crippen molar-refractivity contribution < 1.29 is 91.4 Å². The van der Waals surface area contributed by atoms with E-state index in [2.05, 4.69) is 122 Å². The van der Waals surface area contributed by atoms with Crippen molar-refractivity contribution in [1.29, 1.82) is 5.41 Å². The molecule has 3 aromatic carbocycles. The number of aromatic nitrogens is 6. The molecule has 17 heteroatoms. The van der Waals surface area contributed by atoms with Gasteiger partial charge in [-0.25, -0.2) is 10.1 Å². The summed E-state index contributed by atoms with van der Waals surface area (Å²) in [6.45, 7) is 30.4. The number of halogens is 2. The van der Waals surface area contributed by atoms with Crippen LogP contribution in [-0.2, 0) is 86.6 Å². The van der Waals surface area contributed by atoms with Gasteiger partial charge in [0.2, 0.25) is 0 Å². The summed E-state index contributed by atoms with van der Waals surface area (Å²) in [5.41, 5.74) is 8.69. The molecule has 0 amide bonds. The fourth-order valence-electron chi connectivity index (χ4n) is 11.9. The third-order valence-electron chi connectivity index (χ3n) is 16.4. The normalized spacial score (nSPS) is 18.9. The summed E-state index contributed by atoms with van der Waals surface area (Å²) >= 11 is 0. The summed E-state index contributed by atoms with van der Waals surface area (Å²) < 4.78 is 35.5. The summed E-state index contributed by atoms with van der Waals surface area (Å²) in [5.74, 6) is 7.74. The van der Waals surface area contributed by atoms with Crippen molar-refractivity contribution in [3.8, 4) is 39.7 Å². The van der Waals surface area contributed by atoms with Gasteiger partial charge in [-0.2, -0.15) is 0 Å². The van der Waals surface area contributed by atoms with E-state index in [1.807, 2.05) is 98.5 Å². The van der Waals surface area contributed by atoms with Crippen LogP contribution in [0, 0.1) is 97.7 Å². The van der Waals surface area contributed by atoms with Gasteiger partial charge in [-0.1, -0.05) is 98.9 Å². The quantitative estimate of drug-likeness (QED) is 0.0660. The SMILES string of the molecule is CC(C)C(C)c1ccnc(N[C-]=C2C=CC=CC2=N)c1.CCC(C)c1ccc(O)c(-c2nc(C)oc2C)c1.Cc1cc[c-]c(-c2nc(CC(C)(C)C)n(C)n2)c1.[C-]#[N+]c1c(F)c[c-]c(-c2cc(C3C4CC5CC(C4)CC3C5)ccn2)c1F.[Co].[Co].[Ir].[Ru+]. The molecule has 11 nitrogen and oxygen atoms in total. The maximum Gasteiger partial charge on any atom is 1.00 e. The zero-order valence-electron chi connectivity index (χ0n) is 51.0. The van der Waals surface area contributed by atoms with E-state index in [4.69, 9.17) is 16.4 Å². The van der Waals surface area contributed by atoms with Gasteiger partial charge < -0.3 is 25.2 Å². The minimum absolute atomic E-state index is 0. The van der Waals surface area contributed by atoms with Crippen LogP contribution >= 0.6 is 0 Å². The van der Waals surface area contributed by atoms with E-state index in [1.54, 1.807) is 18.3 Å². The number of nitrogens with one attached hydrogen (secondary N) is 2. The molecule has 5 aliphatic carbocycles. The Balaban J connectivity index is 0.000000245. The molecule has 4 heterocycles. The van der Waals surface area contributed by atoms with Crippen LogP contribution in [0.5, 0.6) is 5.75 Å². The average molecular weight is 1510 g/mol. The second-order valence-corrected chi connectivity index (χ2v) is 24.2. The van der Waals surface area contributed by atoms with Crippen LogP contribution in [-0.4, -0.2) is 40.5 Å². The zero-order valence-corrected chi connectivity index (χ0v) is 57.2. The zero-order chi connectivity index (χ0) is 59.0. The molecular formula is C69H78Co2F2IrN9O2Ru-2. The predicted octanol–water partition coefficient (Wildman–Crippen LogP) is 17.4. The van der Waals surface area contributed by atoms with Crippen LogP contribution in [0.2, 0.25) is 0 Å². The molecule has 0 spiro atoms. The van der Waals surface area contributed by atoms with Crippen LogP contribution in [0.15, 0.2) is 113 Å². The number of nitrogens with zero attached hydrogens (tertiary/aromatic N) is 7. The van der Waals surface area contributed by atoms with Gasteiger partial charge in [0.25, 0.3) is 0 Å². The predicted molar refractivity (Wildman–Crippen MR) is 323 cm³/mol. The monoisotopic (exact) mass is 1520 g/mol. The topological polar surface area (TPSA) is 143 Å². The van der Waals surface area contributed by atoms with E-state index in [0.717, 1.165) is 88.2 Å². The van der Waals surface area contributed by atoms with Gasteiger partial charge in [0, 0.05) is 104 Å². The first-order chi connectivity index (χ1) is 39.1.